The Kier molecular flexibility index (Phi) is 5.85. The number of hydrogen-bond acceptors (Lipinski definition) is 5. The molecule has 72 valence electrons. The highest BCUT2D eigenvalue weighted by atomic mass is 35.5. The molecule has 0 atom stereocenters. The van der Waals surface area contributed by atoms with E-state index in [1.807, 2.05) is 0 Å². The van der Waals surface area contributed by atoms with Gasteiger partial charge in [0.2, 0.25) is 0 Å². The van der Waals surface area contributed by atoms with Crippen LogP contribution in [0.5, 0.6) is 0 Å². The molecule has 0 spiro atoms. The molecule has 1 aromatic rings. The number of thioether (sulfide) groups is 1. The average molecular weight is 237 g/mol. The maximum Gasteiger partial charge on any atom is 0.117 e. The van der Waals surface area contributed by atoms with E-state index in [1.54, 1.807) is 6.07 Å². The molecule has 0 aromatic carbocycles. The molecule has 0 aliphatic heterocycles. The van der Waals surface area contributed by atoms with Crippen molar-refractivity contribution in [2.75, 3.05) is 5.75 Å². The molecule has 1 rings (SSSR count). The smallest absolute Gasteiger partial charge is 0.117 e. The fourth-order valence-corrected chi connectivity index (χ4v) is 1.44. The van der Waals surface area contributed by atoms with E-state index >= 15 is 0 Å². The molecule has 0 saturated carbocycles. The normalized spacial score (nSPS) is 9.00. The van der Waals surface area contributed by atoms with E-state index in [-0.39, 0.29) is 18.2 Å². The van der Waals surface area contributed by atoms with E-state index < -0.39 is 0 Å². The predicted molar refractivity (Wildman–Crippen MR) is 59.2 cm³/mol. The summed E-state index contributed by atoms with van der Waals surface area (Å²) in [5.41, 5.74) is 5.18. The summed E-state index contributed by atoms with van der Waals surface area (Å²) < 4.78 is 0. The number of nitrogens with zero attached hydrogens (tertiary/aromatic N) is 2. The van der Waals surface area contributed by atoms with Crippen LogP contribution in [-0.4, -0.2) is 21.6 Å². The van der Waals surface area contributed by atoms with Crippen LogP contribution < -0.4 is 5.73 Å². The highest BCUT2D eigenvalue weighted by molar-refractivity contribution is 7.99. The molecule has 3 N–H and O–H groups in total. The van der Waals surface area contributed by atoms with E-state index in [1.165, 1.54) is 18.1 Å². The Morgan fingerprint density at radius 2 is 2.31 bits per heavy atom. The van der Waals surface area contributed by atoms with Crippen molar-refractivity contribution in [2.45, 2.75) is 10.1 Å². The van der Waals surface area contributed by atoms with Crippen molar-refractivity contribution < 1.29 is 0 Å². The molecule has 0 radical (unpaired) electrons. The number of aromatic nitrogens is 2. The first-order valence-corrected chi connectivity index (χ1v) is 4.58. The third-order valence-electron chi connectivity index (χ3n) is 1.00. The summed E-state index contributed by atoms with van der Waals surface area (Å²) in [4.78, 5) is 7.78. The summed E-state index contributed by atoms with van der Waals surface area (Å²) in [6, 6.07) is 1.73. The Balaban J connectivity index is 0.00000144. The lowest BCUT2D eigenvalue weighted by molar-refractivity contribution is 0.968. The van der Waals surface area contributed by atoms with E-state index in [2.05, 4.69) is 22.6 Å². The number of hydrogen-bond donors (Lipinski definition) is 3. The Hall–Kier alpha value is -0.460. The molecular weight excluding hydrogens is 228 g/mol. The van der Waals surface area contributed by atoms with Gasteiger partial charge in [0.05, 0.1) is 10.8 Å². The van der Waals surface area contributed by atoms with Crippen LogP contribution >= 0.6 is 36.8 Å². The Labute approximate surface area is 92.1 Å². The van der Waals surface area contributed by atoms with Gasteiger partial charge in [0.1, 0.15) is 17.2 Å². The number of halogens is 1. The summed E-state index contributed by atoms with van der Waals surface area (Å²) >= 11 is 5.44. The van der Waals surface area contributed by atoms with Crippen LogP contribution in [0.3, 0.4) is 0 Å². The zero-order valence-electron chi connectivity index (χ0n) is 6.60. The van der Waals surface area contributed by atoms with Crippen molar-refractivity contribution in [3.63, 3.8) is 0 Å². The van der Waals surface area contributed by atoms with Crippen LogP contribution in [0.15, 0.2) is 22.4 Å². The van der Waals surface area contributed by atoms with Gasteiger partial charge < -0.3 is 5.73 Å². The lowest BCUT2D eigenvalue weighted by Gasteiger charge is -1.98. The van der Waals surface area contributed by atoms with Gasteiger partial charge >= 0.3 is 0 Å². The molecule has 0 aliphatic rings. The highest BCUT2D eigenvalue weighted by Crippen LogP contribution is 2.15. The van der Waals surface area contributed by atoms with Gasteiger partial charge in [-0.3, -0.25) is 5.41 Å². The third-order valence-corrected chi connectivity index (χ3v) is 2.22. The topological polar surface area (TPSA) is 75.7 Å². The Morgan fingerprint density at radius 1 is 1.62 bits per heavy atom. The maximum absolute atomic E-state index is 6.99. The summed E-state index contributed by atoms with van der Waals surface area (Å²) in [6.07, 6.45) is 1.44. The first kappa shape index (κ1) is 12.5. The quantitative estimate of drug-likeness (QED) is 0.243. The SMILES string of the molecule is Cl.N=C(N)CSc1cc(S)ncn1. The van der Waals surface area contributed by atoms with Crippen LogP contribution in [0.1, 0.15) is 0 Å². The molecule has 0 bridgehead atoms. The van der Waals surface area contributed by atoms with Gasteiger partial charge in [0.15, 0.2) is 0 Å². The van der Waals surface area contributed by atoms with Gasteiger partial charge in [-0.2, -0.15) is 0 Å². The molecule has 0 unspecified atom stereocenters. The zero-order chi connectivity index (χ0) is 8.97. The van der Waals surface area contributed by atoms with E-state index in [0.29, 0.717) is 10.8 Å². The Morgan fingerprint density at radius 3 is 2.85 bits per heavy atom. The van der Waals surface area contributed by atoms with Crippen LogP contribution in [0.25, 0.3) is 0 Å². The van der Waals surface area contributed by atoms with Gasteiger partial charge in [0, 0.05) is 6.07 Å². The molecular formula is C6H9ClN4S2. The number of nitrogens with one attached hydrogen (secondary N) is 1. The van der Waals surface area contributed by atoms with Gasteiger partial charge in [-0.1, -0.05) is 11.8 Å². The first-order valence-electron chi connectivity index (χ1n) is 3.15. The minimum absolute atomic E-state index is 0. The van der Waals surface area contributed by atoms with E-state index in [4.69, 9.17) is 11.1 Å². The number of amidine groups is 1. The first-order chi connectivity index (χ1) is 5.68. The fourth-order valence-electron chi connectivity index (χ4n) is 0.561. The van der Waals surface area contributed by atoms with Gasteiger partial charge in [-0.15, -0.1) is 25.0 Å². The van der Waals surface area contributed by atoms with E-state index in [9.17, 15) is 0 Å². The maximum atomic E-state index is 6.99. The molecule has 0 aliphatic carbocycles. The monoisotopic (exact) mass is 236 g/mol. The fraction of sp³-hybridized carbons (Fsp3) is 0.167. The molecule has 4 nitrogen and oxygen atoms in total. The zero-order valence-corrected chi connectivity index (χ0v) is 9.12. The second-order valence-corrected chi connectivity index (χ2v) is 3.48. The second-order valence-electron chi connectivity index (χ2n) is 2.03. The van der Waals surface area contributed by atoms with Gasteiger partial charge in [0.25, 0.3) is 0 Å². The minimum Gasteiger partial charge on any atom is -0.387 e. The highest BCUT2D eigenvalue weighted by Gasteiger charge is 1.97. The van der Waals surface area contributed by atoms with Crippen molar-refractivity contribution in [3.05, 3.63) is 12.4 Å². The third kappa shape index (κ3) is 4.97. The number of thiol groups is 1. The summed E-state index contributed by atoms with van der Waals surface area (Å²) in [5, 5.41) is 8.40. The summed E-state index contributed by atoms with van der Waals surface area (Å²) in [5.74, 6) is 0.587. The standard InChI is InChI=1S/C6H8N4S2.ClH/c7-4(8)2-12-6-1-5(11)9-3-10-6;/h1,3H,2H2,(H3,7,8)(H,9,10,11);1H. The van der Waals surface area contributed by atoms with Crippen molar-refractivity contribution in [3.8, 4) is 0 Å². The second kappa shape index (κ2) is 6.06. The van der Waals surface area contributed by atoms with E-state index in [0.717, 1.165) is 5.03 Å². The predicted octanol–water partition coefficient (Wildman–Crippen LogP) is 1.22. The lowest BCUT2D eigenvalue weighted by atomic mass is 10.7. The van der Waals surface area contributed by atoms with Crippen LogP contribution in [0, 0.1) is 5.41 Å². The minimum atomic E-state index is 0. The number of rotatable bonds is 3. The van der Waals surface area contributed by atoms with Gasteiger partial charge in [-0.25, -0.2) is 9.97 Å². The molecule has 1 aromatic heterocycles. The summed E-state index contributed by atoms with van der Waals surface area (Å²) in [6.45, 7) is 0. The number of nitrogens with two attached hydrogens (primary N) is 1. The molecule has 0 saturated heterocycles. The van der Waals surface area contributed by atoms with Crippen molar-refractivity contribution in [1.29, 1.82) is 5.41 Å². The van der Waals surface area contributed by atoms with Crippen molar-refractivity contribution >= 4 is 42.6 Å². The summed E-state index contributed by atoms with van der Waals surface area (Å²) in [7, 11) is 0. The lowest BCUT2D eigenvalue weighted by Crippen LogP contribution is -2.12. The van der Waals surface area contributed by atoms with Crippen LogP contribution in [-0.2, 0) is 0 Å². The Bertz CT molecular complexity index is 294. The molecule has 7 heteroatoms. The molecule has 0 fully saturated rings. The molecule has 1 heterocycles. The average Bonchev–Trinajstić information content (AvgIpc) is 2.01. The van der Waals surface area contributed by atoms with Crippen molar-refractivity contribution in [2.24, 2.45) is 5.73 Å². The van der Waals surface area contributed by atoms with Gasteiger partial charge in [-0.05, 0) is 0 Å². The largest absolute Gasteiger partial charge is 0.387 e. The van der Waals surface area contributed by atoms with Crippen molar-refractivity contribution in [1.82, 2.24) is 9.97 Å². The van der Waals surface area contributed by atoms with Crippen LogP contribution in [0.4, 0.5) is 0 Å². The molecule has 0 amide bonds. The van der Waals surface area contributed by atoms with Crippen LogP contribution in [0.2, 0.25) is 0 Å². The molecule has 13 heavy (non-hydrogen) atoms.